The SMILES string of the molecule is COc1cccc2c(N(C)Cc3ncn[nH]3)cc(C)nc12. The van der Waals surface area contributed by atoms with Gasteiger partial charge in [-0.3, -0.25) is 5.10 Å². The highest BCUT2D eigenvalue weighted by Crippen LogP contribution is 2.31. The Bertz CT molecular complexity index is 754. The molecular weight excluding hydrogens is 266 g/mol. The van der Waals surface area contributed by atoms with E-state index in [4.69, 9.17) is 4.74 Å². The third kappa shape index (κ3) is 2.52. The van der Waals surface area contributed by atoms with Crippen molar-refractivity contribution in [3.8, 4) is 5.75 Å². The van der Waals surface area contributed by atoms with Gasteiger partial charge in [0, 0.05) is 23.8 Å². The van der Waals surface area contributed by atoms with Crippen molar-refractivity contribution in [3.05, 3.63) is 42.1 Å². The number of aryl methyl sites for hydroxylation is 1. The molecule has 0 saturated carbocycles. The molecule has 0 aliphatic heterocycles. The second kappa shape index (κ2) is 5.40. The topological polar surface area (TPSA) is 66.9 Å². The number of ether oxygens (including phenoxy) is 1. The number of aromatic nitrogens is 4. The number of anilines is 1. The van der Waals surface area contributed by atoms with Gasteiger partial charge in [0.1, 0.15) is 23.4 Å². The smallest absolute Gasteiger partial charge is 0.145 e. The number of fused-ring (bicyclic) bond motifs is 1. The van der Waals surface area contributed by atoms with E-state index in [2.05, 4.69) is 37.2 Å². The fourth-order valence-corrected chi connectivity index (χ4v) is 2.43. The quantitative estimate of drug-likeness (QED) is 0.796. The molecule has 0 radical (unpaired) electrons. The largest absolute Gasteiger partial charge is 0.494 e. The van der Waals surface area contributed by atoms with Crippen LogP contribution in [0.1, 0.15) is 11.5 Å². The molecule has 0 bridgehead atoms. The highest BCUT2D eigenvalue weighted by Gasteiger charge is 2.12. The van der Waals surface area contributed by atoms with E-state index in [9.17, 15) is 0 Å². The number of benzene rings is 1. The van der Waals surface area contributed by atoms with Gasteiger partial charge < -0.3 is 9.64 Å². The Morgan fingerprint density at radius 1 is 1.33 bits per heavy atom. The Hall–Kier alpha value is -2.63. The average molecular weight is 283 g/mol. The molecule has 0 atom stereocenters. The number of aromatic amines is 1. The van der Waals surface area contributed by atoms with Gasteiger partial charge in [0.25, 0.3) is 0 Å². The molecule has 2 aromatic heterocycles. The van der Waals surface area contributed by atoms with Crippen molar-refractivity contribution in [3.63, 3.8) is 0 Å². The molecule has 0 amide bonds. The number of para-hydroxylation sites is 1. The van der Waals surface area contributed by atoms with Crippen molar-refractivity contribution in [2.24, 2.45) is 0 Å². The number of nitrogens with one attached hydrogen (secondary N) is 1. The van der Waals surface area contributed by atoms with Crippen molar-refractivity contribution in [2.45, 2.75) is 13.5 Å². The first kappa shape index (κ1) is 13.4. The molecular formula is C15H17N5O. The van der Waals surface area contributed by atoms with Crippen LogP contribution < -0.4 is 9.64 Å². The number of nitrogens with zero attached hydrogens (tertiary/aromatic N) is 4. The molecule has 1 N–H and O–H groups in total. The molecule has 0 fully saturated rings. The van der Waals surface area contributed by atoms with E-state index in [1.54, 1.807) is 7.11 Å². The van der Waals surface area contributed by atoms with Crippen molar-refractivity contribution in [1.82, 2.24) is 20.2 Å². The molecule has 0 aliphatic rings. The zero-order valence-corrected chi connectivity index (χ0v) is 12.3. The zero-order valence-electron chi connectivity index (χ0n) is 12.3. The second-order valence-electron chi connectivity index (χ2n) is 4.93. The number of hydrogen-bond acceptors (Lipinski definition) is 5. The zero-order chi connectivity index (χ0) is 14.8. The van der Waals surface area contributed by atoms with Crippen LogP contribution in [0.2, 0.25) is 0 Å². The molecule has 2 heterocycles. The van der Waals surface area contributed by atoms with Crippen LogP contribution in [0.25, 0.3) is 10.9 Å². The van der Waals surface area contributed by atoms with Crippen molar-refractivity contribution in [1.29, 1.82) is 0 Å². The molecule has 1 aromatic carbocycles. The Labute approximate surface area is 122 Å². The lowest BCUT2D eigenvalue weighted by Gasteiger charge is -2.21. The van der Waals surface area contributed by atoms with Gasteiger partial charge in [-0.15, -0.1) is 0 Å². The summed E-state index contributed by atoms with van der Waals surface area (Å²) in [6, 6.07) is 8.02. The van der Waals surface area contributed by atoms with Gasteiger partial charge in [-0.2, -0.15) is 5.10 Å². The molecule has 108 valence electrons. The Morgan fingerprint density at radius 3 is 2.90 bits per heavy atom. The van der Waals surface area contributed by atoms with Crippen LogP contribution in [0.4, 0.5) is 5.69 Å². The first-order valence-corrected chi connectivity index (χ1v) is 6.69. The minimum absolute atomic E-state index is 0.649. The third-order valence-corrected chi connectivity index (χ3v) is 3.39. The molecule has 0 unspecified atom stereocenters. The van der Waals surface area contributed by atoms with Crippen LogP contribution in [0.3, 0.4) is 0 Å². The summed E-state index contributed by atoms with van der Waals surface area (Å²) in [6.45, 7) is 2.63. The number of pyridine rings is 1. The van der Waals surface area contributed by atoms with Crippen molar-refractivity contribution in [2.75, 3.05) is 19.1 Å². The number of rotatable bonds is 4. The van der Waals surface area contributed by atoms with Crippen LogP contribution in [-0.2, 0) is 6.54 Å². The molecule has 3 aromatic rings. The number of H-pyrrole nitrogens is 1. The Kier molecular flexibility index (Phi) is 3.43. The van der Waals surface area contributed by atoms with Gasteiger partial charge in [-0.25, -0.2) is 9.97 Å². The molecule has 3 rings (SSSR count). The highest BCUT2D eigenvalue weighted by atomic mass is 16.5. The lowest BCUT2D eigenvalue weighted by atomic mass is 10.1. The molecule has 0 spiro atoms. The predicted molar refractivity (Wildman–Crippen MR) is 81.5 cm³/mol. The number of hydrogen-bond donors (Lipinski definition) is 1. The maximum Gasteiger partial charge on any atom is 0.145 e. The van der Waals surface area contributed by atoms with E-state index in [-0.39, 0.29) is 0 Å². The summed E-state index contributed by atoms with van der Waals surface area (Å²) in [5.74, 6) is 1.61. The lowest BCUT2D eigenvalue weighted by Crippen LogP contribution is -2.18. The van der Waals surface area contributed by atoms with Gasteiger partial charge in [0.2, 0.25) is 0 Å². The summed E-state index contributed by atoms with van der Waals surface area (Å²) >= 11 is 0. The van der Waals surface area contributed by atoms with Gasteiger partial charge >= 0.3 is 0 Å². The fraction of sp³-hybridized carbons (Fsp3) is 0.267. The van der Waals surface area contributed by atoms with E-state index in [0.29, 0.717) is 6.54 Å². The van der Waals surface area contributed by atoms with E-state index >= 15 is 0 Å². The fourth-order valence-electron chi connectivity index (χ4n) is 2.43. The summed E-state index contributed by atoms with van der Waals surface area (Å²) in [5.41, 5.74) is 2.92. The van der Waals surface area contributed by atoms with Gasteiger partial charge in [-0.1, -0.05) is 12.1 Å². The second-order valence-corrected chi connectivity index (χ2v) is 4.93. The molecule has 6 heteroatoms. The Morgan fingerprint density at radius 2 is 2.19 bits per heavy atom. The molecule has 0 aliphatic carbocycles. The van der Waals surface area contributed by atoms with Crippen molar-refractivity contribution < 1.29 is 4.74 Å². The van der Waals surface area contributed by atoms with Gasteiger partial charge in [0.15, 0.2) is 0 Å². The monoisotopic (exact) mass is 283 g/mol. The molecule has 0 saturated heterocycles. The van der Waals surface area contributed by atoms with Crippen LogP contribution >= 0.6 is 0 Å². The minimum atomic E-state index is 0.649. The normalized spacial score (nSPS) is 10.8. The maximum absolute atomic E-state index is 5.41. The van der Waals surface area contributed by atoms with Crippen LogP contribution in [0.15, 0.2) is 30.6 Å². The average Bonchev–Trinajstić information content (AvgIpc) is 2.98. The number of methoxy groups -OCH3 is 1. The van der Waals surface area contributed by atoms with E-state index in [0.717, 1.165) is 33.9 Å². The van der Waals surface area contributed by atoms with Crippen molar-refractivity contribution >= 4 is 16.6 Å². The first-order valence-electron chi connectivity index (χ1n) is 6.69. The maximum atomic E-state index is 5.41. The van der Waals surface area contributed by atoms with E-state index in [1.165, 1.54) is 6.33 Å². The highest BCUT2D eigenvalue weighted by molar-refractivity contribution is 5.95. The van der Waals surface area contributed by atoms with Crippen LogP contribution in [0, 0.1) is 6.92 Å². The third-order valence-electron chi connectivity index (χ3n) is 3.39. The predicted octanol–water partition coefficient (Wildman–Crippen LogP) is 2.31. The van der Waals surface area contributed by atoms with Crippen LogP contribution in [-0.4, -0.2) is 34.3 Å². The first-order chi connectivity index (χ1) is 10.2. The van der Waals surface area contributed by atoms with E-state index in [1.807, 2.05) is 26.1 Å². The van der Waals surface area contributed by atoms with Gasteiger partial charge in [0.05, 0.1) is 13.7 Å². The minimum Gasteiger partial charge on any atom is -0.494 e. The molecule has 21 heavy (non-hydrogen) atoms. The molecule has 6 nitrogen and oxygen atoms in total. The Balaban J connectivity index is 2.09. The van der Waals surface area contributed by atoms with Crippen LogP contribution in [0.5, 0.6) is 5.75 Å². The van der Waals surface area contributed by atoms with E-state index < -0.39 is 0 Å². The van der Waals surface area contributed by atoms with Gasteiger partial charge in [-0.05, 0) is 19.1 Å². The summed E-state index contributed by atoms with van der Waals surface area (Å²) < 4.78 is 5.41. The standard InChI is InChI=1S/C15H17N5O/c1-10-7-12(20(2)8-14-16-9-17-19-14)11-5-4-6-13(21-3)15(11)18-10/h4-7,9H,8H2,1-3H3,(H,16,17,19). The summed E-state index contributed by atoms with van der Waals surface area (Å²) in [6.07, 6.45) is 1.52. The summed E-state index contributed by atoms with van der Waals surface area (Å²) in [5, 5.41) is 7.82. The lowest BCUT2D eigenvalue weighted by molar-refractivity contribution is 0.419. The summed E-state index contributed by atoms with van der Waals surface area (Å²) in [7, 11) is 3.69. The summed E-state index contributed by atoms with van der Waals surface area (Å²) in [4.78, 5) is 10.9.